The molecule has 6 aromatic carbocycles. The van der Waals surface area contributed by atoms with Crippen LogP contribution in [0.25, 0.3) is 65.8 Å². The fraction of sp³-hybridized carbons (Fsp3) is 0.0238. The van der Waals surface area contributed by atoms with Gasteiger partial charge in [-0.15, -0.1) is 11.3 Å². The van der Waals surface area contributed by atoms with E-state index in [0.717, 1.165) is 16.7 Å². The average Bonchev–Trinajstić information content (AvgIpc) is 3.75. The van der Waals surface area contributed by atoms with Crippen LogP contribution in [0.4, 0.5) is 0 Å². The van der Waals surface area contributed by atoms with E-state index in [1.165, 1.54) is 53.9 Å². The Morgan fingerprint density at radius 2 is 0.935 bits per heavy atom. The SMILES string of the molecule is c1ccc(-c2nc(-c3ccccc3)nc(-c3ccc4c(c3)C3(c5ccccc5-4)c4ccccc4-c4sc5ccccc5c43)n2)cc1. The van der Waals surface area contributed by atoms with Crippen molar-refractivity contribution in [2.45, 2.75) is 5.41 Å². The summed E-state index contributed by atoms with van der Waals surface area (Å²) in [6, 6.07) is 54.0. The van der Waals surface area contributed by atoms with Gasteiger partial charge in [0, 0.05) is 26.3 Å². The lowest BCUT2D eigenvalue weighted by Crippen LogP contribution is -2.25. The average molecular weight is 604 g/mol. The first-order chi connectivity index (χ1) is 22.8. The minimum absolute atomic E-state index is 0.439. The highest BCUT2D eigenvalue weighted by Gasteiger charge is 2.53. The maximum atomic E-state index is 5.10. The quantitative estimate of drug-likeness (QED) is 0.202. The summed E-state index contributed by atoms with van der Waals surface area (Å²) in [5, 5.41) is 1.32. The number of hydrogen-bond donors (Lipinski definition) is 0. The molecule has 0 saturated carbocycles. The molecular weight excluding hydrogens is 579 g/mol. The second-order valence-electron chi connectivity index (χ2n) is 11.9. The molecule has 46 heavy (non-hydrogen) atoms. The predicted octanol–water partition coefficient (Wildman–Crippen LogP) is 10.4. The summed E-state index contributed by atoms with van der Waals surface area (Å²) in [6.45, 7) is 0. The van der Waals surface area contributed by atoms with Gasteiger partial charge in [0.25, 0.3) is 0 Å². The molecule has 1 unspecified atom stereocenters. The largest absolute Gasteiger partial charge is 0.208 e. The highest BCUT2D eigenvalue weighted by Crippen LogP contribution is 2.66. The summed E-state index contributed by atoms with van der Waals surface area (Å²) >= 11 is 1.91. The summed E-state index contributed by atoms with van der Waals surface area (Å²) in [7, 11) is 0. The molecule has 0 saturated heterocycles. The number of nitrogens with zero attached hydrogens (tertiary/aromatic N) is 3. The molecule has 0 N–H and O–H groups in total. The molecule has 3 nitrogen and oxygen atoms in total. The molecule has 4 heteroatoms. The summed E-state index contributed by atoms with van der Waals surface area (Å²) in [5.74, 6) is 2.00. The molecule has 1 spiro atoms. The molecule has 2 aromatic heterocycles. The maximum absolute atomic E-state index is 5.10. The van der Waals surface area contributed by atoms with E-state index in [0.29, 0.717) is 17.5 Å². The van der Waals surface area contributed by atoms with Gasteiger partial charge in [0.05, 0.1) is 5.41 Å². The molecule has 0 aliphatic heterocycles. The van der Waals surface area contributed by atoms with E-state index in [4.69, 9.17) is 15.0 Å². The third kappa shape index (κ3) is 3.45. The second kappa shape index (κ2) is 9.64. The third-order valence-corrected chi connectivity index (χ3v) is 10.8. The first-order valence-corrected chi connectivity index (χ1v) is 16.4. The highest BCUT2D eigenvalue weighted by molar-refractivity contribution is 7.22. The van der Waals surface area contributed by atoms with E-state index in [1.807, 2.05) is 47.7 Å². The maximum Gasteiger partial charge on any atom is 0.164 e. The van der Waals surface area contributed by atoms with E-state index in [-0.39, 0.29) is 0 Å². The highest BCUT2D eigenvalue weighted by atomic mass is 32.1. The molecule has 2 aliphatic rings. The number of hydrogen-bond acceptors (Lipinski definition) is 4. The van der Waals surface area contributed by atoms with Gasteiger partial charge in [0.1, 0.15) is 0 Å². The minimum Gasteiger partial charge on any atom is -0.208 e. The zero-order chi connectivity index (χ0) is 30.2. The topological polar surface area (TPSA) is 38.7 Å². The molecule has 8 aromatic rings. The Morgan fingerprint density at radius 1 is 0.413 bits per heavy atom. The van der Waals surface area contributed by atoms with E-state index in [9.17, 15) is 0 Å². The molecule has 214 valence electrons. The van der Waals surface area contributed by atoms with Crippen LogP contribution in [0.2, 0.25) is 0 Å². The van der Waals surface area contributed by atoms with Crippen molar-refractivity contribution in [2.75, 3.05) is 0 Å². The van der Waals surface area contributed by atoms with Crippen molar-refractivity contribution in [1.82, 2.24) is 15.0 Å². The molecule has 1 atom stereocenters. The van der Waals surface area contributed by atoms with Crippen molar-refractivity contribution in [3.63, 3.8) is 0 Å². The monoisotopic (exact) mass is 603 g/mol. The van der Waals surface area contributed by atoms with Gasteiger partial charge in [-0.05, 0) is 56.5 Å². The van der Waals surface area contributed by atoms with E-state index >= 15 is 0 Å². The fourth-order valence-electron chi connectivity index (χ4n) is 7.67. The van der Waals surface area contributed by atoms with E-state index in [2.05, 4.69) is 115 Å². The first-order valence-electron chi connectivity index (χ1n) is 15.5. The molecular formula is C42H25N3S. The van der Waals surface area contributed by atoms with Crippen LogP contribution in [0.1, 0.15) is 22.3 Å². The van der Waals surface area contributed by atoms with Gasteiger partial charge in [-0.1, -0.05) is 140 Å². The smallest absolute Gasteiger partial charge is 0.164 e. The van der Waals surface area contributed by atoms with Gasteiger partial charge in [0.2, 0.25) is 0 Å². The Labute approximate surface area is 270 Å². The number of fused-ring (bicyclic) bond motifs is 12. The number of benzene rings is 6. The zero-order valence-electron chi connectivity index (χ0n) is 24.7. The van der Waals surface area contributed by atoms with Crippen molar-refractivity contribution < 1.29 is 0 Å². The molecule has 2 aliphatic carbocycles. The first kappa shape index (κ1) is 25.6. The lowest BCUT2D eigenvalue weighted by atomic mass is 9.70. The normalized spacial score (nSPS) is 15.5. The molecule has 0 bridgehead atoms. The molecule has 0 amide bonds. The number of rotatable bonds is 3. The minimum atomic E-state index is -0.439. The van der Waals surface area contributed by atoms with Gasteiger partial charge >= 0.3 is 0 Å². The molecule has 0 radical (unpaired) electrons. The molecule has 0 fully saturated rings. The van der Waals surface area contributed by atoms with E-state index in [1.54, 1.807) is 0 Å². The van der Waals surface area contributed by atoms with Crippen LogP contribution in [0.15, 0.2) is 152 Å². The van der Waals surface area contributed by atoms with E-state index < -0.39 is 5.41 Å². The third-order valence-electron chi connectivity index (χ3n) is 9.55. The Bertz CT molecular complexity index is 2420. The van der Waals surface area contributed by atoms with Crippen molar-refractivity contribution in [1.29, 1.82) is 0 Å². The van der Waals surface area contributed by atoms with Crippen LogP contribution >= 0.6 is 11.3 Å². The second-order valence-corrected chi connectivity index (χ2v) is 13.0. The van der Waals surface area contributed by atoms with Crippen molar-refractivity contribution in [3.8, 4) is 55.7 Å². The lowest BCUT2D eigenvalue weighted by Gasteiger charge is -2.30. The summed E-state index contributed by atoms with van der Waals surface area (Å²) in [5.41, 5.74) is 11.7. The van der Waals surface area contributed by atoms with Crippen LogP contribution in [0.3, 0.4) is 0 Å². The zero-order valence-corrected chi connectivity index (χ0v) is 25.5. The summed E-state index contributed by atoms with van der Waals surface area (Å²) in [4.78, 5) is 16.5. The Kier molecular flexibility index (Phi) is 5.37. The fourth-order valence-corrected chi connectivity index (χ4v) is 8.97. The van der Waals surface area contributed by atoms with Crippen LogP contribution in [0, 0.1) is 0 Å². The van der Waals surface area contributed by atoms with Crippen molar-refractivity contribution in [3.05, 3.63) is 174 Å². The van der Waals surface area contributed by atoms with Gasteiger partial charge in [-0.3, -0.25) is 0 Å². The van der Waals surface area contributed by atoms with Crippen molar-refractivity contribution >= 4 is 21.4 Å². The summed E-state index contributed by atoms with van der Waals surface area (Å²) < 4.78 is 1.32. The van der Waals surface area contributed by atoms with Gasteiger partial charge in [-0.25, -0.2) is 15.0 Å². The Morgan fingerprint density at radius 3 is 1.63 bits per heavy atom. The molecule has 2 heterocycles. The standard InChI is InChI=1S/C42H25N3S/c1-3-13-26(14-4-1)39-43-40(27-15-5-2-6-16-27)45-41(44-39)28-23-24-30-29-17-7-10-20-33(29)42(35(30)25-28)34-21-11-8-18-31(34)38-37(42)32-19-9-12-22-36(32)46-38/h1-25H. The lowest BCUT2D eigenvalue weighted by molar-refractivity contribution is 0.802. The van der Waals surface area contributed by atoms with Gasteiger partial charge < -0.3 is 0 Å². The number of thiophene rings is 1. The van der Waals surface area contributed by atoms with Gasteiger partial charge in [0.15, 0.2) is 17.5 Å². The molecule has 10 rings (SSSR count). The number of aromatic nitrogens is 3. The predicted molar refractivity (Wildman–Crippen MR) is 188 cm³/mol. The van der Waals surface area contributed by atoms with Gasteiger partial charge in [-0.2, -0.15) is 0 Å². The van der Waals surface area contributed by atoms with Crippen LogP contribution in [0.5, 0.6) is 0 Å². The Hall–Kier alpha value is -5.71. The Balaban J connectivity index is 1.28. The van der Waals surface area contributed by atoms with Crippen LogP contribution < -0.4 is 0 Å². The van der Waals surface area contributed by atoms with Crippen molar-refractivity contribution in [2.24, 2.45) is 0 Å². The van der Waals surface area contributed by atoms with Crippen LogP contribution in [-0.4, -0.2) is 15.0 Å². The summed E-state index contributed by atoms with van der Waals surface area (Å²) in [6.07, 6.45) is 0. The van der Waals surface area contributed by atoms with Crippen LogP contribution in [-0.2, 0) is 5.41 Å².